The molecule has 0 atom stereocenters. The third-order valence-corrected chi connectivity index (χ3v) is 3.82. The molecule has 0 bridgehead atoms. The first-order chi connectivity index (χ1) is 10.3. The van der Waals surface area contributed by atoms with Crippen LogP contribution in [-0.2, 0) is 6.54 Å². The van der Waals surface area contributed by atoms with Crippen molar-refractivity contribution in [1.82, 2.24) is 15.0 Å². The predicted octanol–water partition coefficient (Wildman–Crippen LogP) is 2.22. The van der Waals surface area contributed by atoms with Crippen molar-refractivity contribution in [2.24, 2.45) is 5.73 Å². The van der Waals surface area contributed by atoms with Crippen LogP contribution in [0, 0.1) is 0 Å². The molecule has 112 valence electrons. The first kappa shape index (κ1) is 14.3. The number of hydrogen-bond donors (Lipinski definition) is 1. The number of aryl methyl sites for hydroxylation is 1. The first-order valence-corrected chi connectivity index (χ1v) is 7.77. The molecule has 21 heavy (non-hydrogen) atoms. The monoisotopic (exact) mass is 352 g/mol. The van der Waals surface area contributed by atoms with Crippen LogP contribution >= 0.6 is 15.9 Å². The maximum atomic E-state index is 5.74. The molecule has 0 saturated heterocycles. The normalized spacial score (nSPS) is 14.0. The highest BCUT2D eigenvalue weighted by Crippen LogP contribution is 2.40. The Morgan fingerprint density at radius 2 is 2.14 bits per heavy atom. The number of benzene rings is 1. The van der Waals surface area contributed by atoms with Crippen molar-refractivity contribution in [3.63, 3.8) is 0 Å². The molecule has 0 fully saturated rings. The van der Waals surface area contributed by atoms with Gasteiger partial charge in [-0.2, -0.15) is 0 Å². The number of rotatable bonds is 4. The molecule has 6 nitrogen and oxygen atoms in total. The molecular weight excluding hydrogens is 336 g/mol. The molecule has 1 aliphatic heterocycles. The van der Waals surface area contributed by atoms with E-state index in [1.165, 1.54) is 0 Å². The van der Waals surface area contributed by atoms with Crippen LogP contribution < -0.4 is 15.2 Å². The van der Waals surface area contributed by atoms with Crippen molar-refractivity contribution in [3.8, 4) is 22.8 Å². The minimum atomic E-state index is 0.644. The lowest BCUT2D eigenvalue weighted by molar-refractivity contribution is 0.296. The van der Waals surface area contributed by atoms with Gasteiger partial charge in [0.2, 0.25) is 0 Å². The van der Waals surface area contributed by atoms with Crippen LogP contribution in [0.3, 0.4) is 0 Å². The van der Waals surface area contributed by atoms with Gasteiger partial charge in [0.1, 0.15) is 5.69 Å². The molecule has 0 aliphatic carbocycles. The van der Waals surface area contributed by atoms with E-state index in [4.69, 9.17) is 15.2 Å². The van der Waals surface area contributed by atoms with E-state index < -0.39 is 0 Å². The zero-order valence-electron chi connectivity index (χ0n) is 11.6. The number of nitrogens with two attached hydrogens (primary N) is 1. The van der Waals surface area contributed by atoms with Crippen LogP contribution in [0.15, 0.2) is 22.8 Å². The third-order valence-electron chi connectivity index (χ3n) is 3.23. The van der Waals surface area contributed by atoms with Gasteiger partial charge in [-0.05, 0) is 41.0 Å². The summed E-state index contributed by atoms with van der Waals surface area (Å²) in [5, 5.41) is 8.32. The van der Waals surface area contributed by atoms with E-state index in [2.05, 4.69) is 26.2 Å². The van der Waals surface area contributed by atoms with Gasteiger partial charge in [-0.1, -0.05) is 5.21 Å². The van der Waals surface area contributed by atoms with Crippen LogP contribution in [0.1, 0.15) is 12.8 Å². The van der Waals surface area contributed by atoms with Crippen molar-refractivity contribution in [3.05, 3.63) is 22.8 Å². The Balaban J connectivity index is 1.90. The molecule has 3 rings (SSSR count). The smallest absolute Gasteiger partial charge is 0.175 e. The third kappa shape index (κ3) is 3.19. The first-order valence-electron chi connectivity index (χ1n) is 6.97. The lowest BCUT2D eigenvalue weighted by atomic mass is 10.1. The number of ether oxygens (including phenoxy) is 2. The van der Waals surface area contributed by atoms with E-state index in [0.717, 1.165) is 46.6 Å². The molecule has 0 saturated carbocycles. The summed E-state index contributed by atoms with van der Waals surface area (Å²) < 4.78 is 14.1. The lowest BCUT2D eigenvalue weighted by Crippen LogP contribution is -2.06. The summed E-state index contributed by atoms with van der Waals surface area (Å²) in [5.41, 5.74) is 7.26. The molecule has 1 aliphatic rings. The Morgan fingerprint density at radius 3 is 3.00 bits per heavy atom. The van der Waals surface area contributed by atoms with Gasteiger partial charge in [0.15, 0.2) is 11.5 Å². The maximum absolute atomic E-state index is 5.74. The molecule has 0 radical (unpaired) electrons. The van der Waals surface area contributed by atoms with Gasteiger partial charge in [-0.25, -0.2) is 0 Å². The molecule has 2 heterocycles. The topological polar surface area (TPSA) is 75.2 Å². The quantitative estimate of drug-likeness (QED) is 0.912. The lowest BCUT2D eigenvalue weighted by Gasteiger charge is -2.10. The molecule has 0 spiro atoms. The number of hydrogen-bond acceptors (Lipinski definition) is 5. The van der Waals surface area contributed by atoms with E-state index in [0.29, 0.717) is 19.8 Å². The minimum absolute atomic E-state index is 0.644. The zero-order chi connectivity index (χ0) is 14.7. The number of fused-ring (bicyclic) bond motifs is 1. The van der Waals surface area contributed by atoms with Crippen molar-refractivity contribution in [1.29, 1.82) is 0 Å². The van der Waals surface area contributed by atoms with E-state index in [1.54, 1.807) is 4.68 Å². The SMILES string of the molecule is NCCCn1cc(-c2cc(Br)c3c(c2)OCCCO3)nn1. The highest BCUT2D eigenvalue weighted by atomic mass is 79.9. The van der Waals surface area contributed by atoms with E-state index >= 15 is 0 Å². The van der Waals surface area contributed by atoms with Gasteiger partial charge >= 0.3 is 0 Å². The average molecular weight is 353 g/mol. The Morgan fingerprint density at radius 1 is 1.29 bits per heavy atom. The van der Waals surface area contributed by atoms with E-state index in [9.17, 15) is 0 Å². The number of nitrogens with zero attached hydrogens (tertiary/aromatic N) is 3. The summed E-state index contributed by atoms with van der Waals surface area (Å²) in [5.74, 6) is 1.50. The van der Waals surface area contributed by atoms with E-state index in [-0.39, 0.29) is 0 Å². The van der Waals surface area contributed by atoms with Gasteiger partial charge in [-0.15, -0.1) is 5.10 Å². The molecule has 0 amide bonds. The zero-order valence-corrected chi connectivity index (χ0v) is 13.2. The standard InChI is InChI=1S/C14H17BrN4O2/c15-11-7-10(8-13-14(11)21-6-2-5-20-13)12-9-19(18-17-12)4-1-3-16/h7-9H,1-6,16H2. The van der Waals surface area contributed by atoms with Crippen LogP contribution in [0.5, 0.6) is 11.5 Å². The average Bonchev–Trinajstić information content (AvgIpc) is 2.82. The Bertz CT molecular complexity index is 629. The second-order valence-corrected chi connectivity index (χ2v) is 5.70. The van der Waals surface area contributed by atoms with Gasteiger partial charge < -0.3 is 15.2 Å². The Labute approximate surface area is 131 Å². The largest absolute Gasteiger partial charge is 0.489 e. The molecule has 1 aromatic heterocycles. The molecule has 2 aromatic rings. The minimum Gasteiger partial charge on any atom is -0.489 e. The summed E-state index contributed by atoms with van der Waals surface area (Å²) in [6.07, 6.45) is 3.68. The highest BCUT2D eigenvalue weighted by Gasteiger charge is 2.17. The van der Waals surface area contributed by atoms with Crippen LogP contribution in [0.25, 0.3) is 11.3 Å². The van der Waals surface area contributed by atoms with Crippen molar-refractivity contribution in [2.75, 3.05) is 19.8 Å². The summed E-state index contributed by atoms with van der Waals surface area (Å²) in [4.78, 5) is 0. The fourth-order valence-electron chi connectivity index (χ4n) is 2.17. The van der Waals surface area contributed by atoms with Crippen LogP contribution in [0.2, 0.25) is 0 Å². The van der Waals surface area contributed by atoms with Crippen molar-refractivity contribution >= 4 is 15.9 Å². The molecule has 2 N–H and O–H groups in total. The molecule has 7 heteroatoms. The Hall–Kier alpha value is -1.60. The predicted molar refractivity (Wildman–Crippen MR) is 82.4 cm³/mol. The molecule has 1 aromatic carbocycles. The summed E-state index contributed by atoms with van der Waals surface area (Å²) in [6, 6.07) is 3.92. The second kappa shape index (κ2) is 6.44. The fourth-order valence-corrected chi connectivity index (χ4v) is 2.73. The van der Waals surface area contributed by atoms with Gasteiger partial charge in [0.05, 0.1) is 23.9 Å². The van der Waals surface area contributed by atoms with Crippen LogP contribution in [0.4, 0.5) is 0 Å². The van der Waals surface area contributed by atoms with Gasteiger partial charge in [0, 0.05) is 18.5 Å². The molecule has 0 unspecified atom stereocenters. The van der Waals surface area contributed by atoms with Gasteiger partial charge in [0.25, 0.3) is 0 Å². The summed E-state index contributed by atoms with van der Waals surface area (Å²) >= 11 is 3.54. The maximum Gasteiger partial charge on any atom is 0.175 e. The van der Waals surface area contributed by atoms with E-state index in [1.807, 2.05) is 18.3 Å². The number of aromatic nitrogens is 3. The summed E-state index contributed by atoms with van der Waals surface area (Å²) in [7, 11) is 0. The highest BCUT2D eigenvalue weighted by molar-refractivity contribution is 9.10. The Kier molecular flexibility index (Phi) is 4.40. The van der Waals surface area contributed by atoms with Gasteiger partial charge in [-0.3, -0.25) is 4.68 Å². The summed E-state index contributed by atoms with van der Waals surface area (Å²) in [6.45, 7) is 2.74. The van der Waals surface area contributed by atoms with Crippen molar-refractivity contribution < 1.29 is 9.47 Å². The van der Waals surface area contributed by atoms with Crippen LogP contribution in [-0.4, -0.2) is 34.8 Å². The second-order valence-electron chi connectivity index (χ2n) is 4.84. The fraction of sp³-hybridized carbons (Fsp3) is 0.429. The number of halogens is 1. The van der Waals surface area contributed by atoms with Crippen molar-refractivity contribution in [2.45, 2.75) is 19.4 Å². The molecular formula is C14H17BrN4O2.